The van der Waals surface area contributed by atoms with E-state index >= 15 is 0 Å². The van der Waals surface area contributed by atoms with Crippen molar-refractivity contribution in [2.24, 2.45) is 0 Å². The van der Waals surface area contributed by atoms with E-state index in [1.165, 1.54) is 0 Å². The zero-order valence-corrected chi connectivity index (χ0v) is 23.6. The minimum Gasteiger partial charge on any atom is -0.487 e. The zero-order chi connectivity index (χ0) is 28.8. The fraction of sp³-hybridized carbons (Fsp3) is 0.281. The number of nitrogen functional groups attached to an aromatic ring is 1. The van der Waals surface area contributed by atoms with Crippen molar-refractivity contribution in [1.29, 1.82) is 0 Å². The second kappa shape index (κ2) is 12.8. The first-order chi connectivity index (χ1) is 20.0. The Morgan fingerprint density at radius 2 is 1.73 bits per heavy atom. The summed E-state index contributed by atoms with van der Waals surface area (Å²) in [6, 6.07) is 20.1. The van der Waals surface area contributed by atoms with Crippen molar-refractivity contribution >= 4 is 33.5 Å². The predicted molar refractivity (Wildman–Crippen MR) is 159 cm³/mol. The number of methoxy groups -OCH3 is 2. The summed E-state index contributed by atoms with van der Waals surface area (Å²) >= 11 is 0. The largest absolute Gasteiger partial charge is 0.487 e. The Hall–Kier alpha value is -4.47. The van der Waals surface area contributed by atoms with Gasteiger partial charge in [-0.15, -0.1) is 0 Å². The summed E-state index contributed by atoms with van der Waals surface area (Å²) in [5.74, 6) is 0.797. The standard InChI is InChI=1S/C32H34N4O5/c1-4-40-31(37)18-25-15-21(19-39-3)5-10-30(25)41-20-28-27-17-24(8-9-29(27)36(35-28)13-14-38-2)23-7-6-22-11-12-34-32(33)26(22)16-23/h5-12,15-17H,4,13-14,18-20H2,1-3H3,(H2,33,34). The molecule has 0 unspecified atom stereocenters. The molecule has 3 aromatic carbocycles. The van der Waals surface area contributed by atoms with Gasteiger partial charge in [0.15, 0.2) is 0 Å². The summed E-state index contributed by atoms with van der Waals surface area (Å²) in [7, 11) is 3.31. The summed E-state index contributed by atoms with van der Waals surface area (Å²) in [4.78, 5) is 16.6. The molecule has 212 valence electrons. The van der Waals surface area contributed by atoms with E-state index in [4.69, 9.17) is 29.8 Å². The van der Waals surface area contributed by atoms with Crippen molar-refractivity contribution < 1.29 is 23.7 Å². The van der Waals surface area contributed by atoms with E-state index in [1.54, 1.807) is 27.3 Å². The van der Waals surface area contributed by atoms with Gasteiger partial charge in [0, 0.05) is 36.8 Å². The molecule has 0 amide bonds. The molecule has 0 aliphatic rings. The number of carbonyl (C=O) groups is 1. The molecule has 0 aliphatic heterocycles. The highest BCUT2D eigenvalue weighted by Crippen LogP contribution is 2.31. The number of nitrogens with two attached hydrogens (primary N) is 1. The number of benzene rings is 3. The Morgan fingerprint density at radius 1 is 0.927 bits per heavy atom. The number of rotatable bonds is 12. The molecule has 5 rings (SSSR count). The first kappa shape index (κ1) is 28.1. The van der Waals surface area contributed by atoms with E-state index in [0.717, 1.165) is 49.6 Å². The first-order valence-corrected chi connectivity index (χ1v) is 13.5. The highest BCUT2D eigenvalue weighted by atomic mass is 16.5. The number of ether oxygens (including phenoxy) is 4. The van der Waals surface area contributed by atoms with Crippen LogP contribution in [0.5, 0.6) is 5.75 Å². The third-order valence-electron chi connectivity index (χ3n) is 6.90. The van der Waals surface area contributed by atoms with E-state index in [0.29, 0.717) is 37.9 Å². The lowest BCUT2D eigenvalue weighted by Crippen LogP contribution is -2.10. The molecule has 0 saturated carbocycles. The molecule has 0 atom stereocenters. The normalized spacial score (nSPS) is 11.3. The SMILES string of the molecule is CCOC(=O)Cc1cc(COC)ccc1OCc1nn(CCOC)c2ccc(-c3ccc4ccnc(N)c4c3)cc12. The summed E-state index contributed by atoms with van der Waals surface area (Å²) in [5, 5.41) is 7.80. The third kappa shape index (κ3) is 6.32. The van der Waals surface area contributed by atoms with Gasteiger partial charge in [0.2, 0.25) is 0 Å². The minimum absolute atomic E-state index is 0.105. The van der Waals surface area contributed by atoms with Crippen LogP contribution in [0.4, 0.5) is 5.82 Å². The van der Waals surface area contributed by atoms with Crippen LogP contribution in [0.3, 0.4) is 0 Å². The Balaban J connectivity index is 1.49. The van der Waals surface area contributed by atoms with Crippen LogP contribution in [0, 0.1) is 0 Å². The maximum Gasteiger partial charge on any atom is 0.310 e. The van der Waals surface area contributed by atoms with Crippen molar-refractivity contribution in [2.75, 3.05) is 33.2 Å². The number of hydrogen-bond donors (Lipinski definition) is 1. The minimum atomic E-state index is -0.308. The smallest absolute Gasteiger partial charge is 0.310 e. The summed E-state index contributed by atoms with van der Waals surface area (Å²) in [6.07, 6.45) is 1.82. The van der Waals surface area contributed by atoms with Gasteiger partial charge in [-0.2, -0.15) is 5.10 Å². The summed E-state index contributed by atoms with van der Waals surface area (Å²) in [6.45, 7) is 3.89. The maximum atomic E-state index is 12.3. The van der Waals surface area contributed by atoms with Gasteiger partial charge in [0.25, 0.3) is 0 Å². The molecule has 0 fully saturated rings. The number of aromatic nitrogens is 3. The quantitative estimate of drug-likeness (QED) is 0.207. The third-order valence-corrected chi connectivity index (χ3v) is 6.90. The van der Waals surface area contributed by atoms with E-state index < -0.39 is 0 Å². The maximum absolute atomic E-state index is 12.3. The predicted octanol–water partition coefficient (Wildman–Crippen LogP) is 5.31. The number of pyridine rings is 1. The Labute approximate surface area is 238 Å². The van der Waals surface area contributed by atoms with Crippen LogP contribution < -0.4 is 10.5 Å². The molecular weight excluding hydrogens is 520 g/mol. The van der Waals surface area contributed by atoms with Gasteiger partial charge in [-0.1, -0.05) is 24.3 Å². The van der Waals surface area contributed by atoms with Crippen molar-refractivity contribution in [3.8, 4) is 16.9 Å². The first-order valence-electron chi connectivity index (χ1n) is 13.5. The molecule has 0 saturated heterocycles. The molecule has 0 bridgehead atoms. The summed E-state index contributed by atoms with van der Waals surface area (Å²) < 4.78 is 24.0. The Bertz CT molecular complexity index is 1680. The topological polar surface area (TPSA) is 111 Å². The van der Waals surface area contributed by atoms with Gasteiger partial charge >= 0.3 is 5.97 Å². The van der Waals surface area contributed by atoms with Gasteiger partial charge in [0.05, 0.1) is 38.3 Å². The molecule has 2 heterocycles. The van der Waals surface area contributed by atoms with Crippen molar-refractivity contribution in [3.63, 3.8) is 0 Å². The highest BCUT2D eigenvalue weighted by molar-refractivity contribution is 5.95. The van der Waals surface area contributed by atoms with Crippen LogP contribution >= 0.6 is 0 Å². The fourth-order valence-corrected chi connectivity index (χ4v) is 4.93. The van der Waals surface area contributed by atoms with Gasteiger partial charge in [-0.3, -0.25) is 9.48 Å². The van der Waals surface area contributed by atoms with E-state index in [9.17, 15) is 4.79 Å². The van der Waals surface area contributed by atoms with E-state index in [-0.39, 0.29) is 19.0 Å². The van der Waals surface area contributed by atoms with E-state index in [2.05, 4.69) is 41.4 Å². The highest BCUT2D eigenvalue weighted by Gasteiger charge is 2.16. The molecule has 2 N–H and O–H groups in total. The van der Waals surface area contributed by atoms with Crippen LogP contribution in [-0.4, -0.2) is 48.2 Å². The molecule has 41 heavy (non-hydrogen) atoms. The summed E-state index contributed by atoms with van der Waals surface area (Å²) in [5.41, 5.74) is 11.7. The lowest BCUT2D eigenvalue weighted by Gasteiger charge is -2.13. The second-order valence-corrected chi connectivity index (χ2v) is 9.67. The van der Waals surface area contributed by atoms with Crippen LogP contribution in [0.2, 0.25) is 0 Å². The van der Waals surface area contributed by atoms with Gasteiger partial charge in [-0.05, 0) is 65.4 Å². The van der Waals surface area contributed by atoms with Crippen molar-refractivity contribution in [1.82, 2.24) is 14.8 Å². The molecule has 0 aliphatic carbocycles. The Morgan fingerprint density at radius 3 is 2.51 bits per heavy atom. The zero-order valence-electron chi connectivity index (χ0n) is 23.6. The number of esters is 1. The fourth-order valence-electron chi connectivity index (χ4n) is 4.93. The number of fused-ring (bicyclic) bond motifs is 2. The number of hydrogen-bond acceptors (Lipinski definition) is 8. The lowest BCUT2D eigenvalue weighted by molar-refractivity contribution is -0.142. The Kier molecular flexibility index (Phi) is 8.76. The molecule has 9 heteroatoms. The van der Waals surface area contributed by atoms with E-state index in [1.807, 2.05) is 28.9 Å². The molecule has 0 radical (unpaired) electrons. The van der Waals surface area contributed by atoms with Crippen LogP contribution in [0.1, 0.15) is 23.7 Å². The van der Waals surface area contributed by atoms with Gasteiger partial charge < -0.3 is 24.7 Å². The van der Waals surface area contributed by atoms with Crippen LogP contribution in [0.25, 0.3) is 32.8 Å². The monoisotopic (exact) mass is 554 g/mol. The van der Waals surface area contributed by atoms with Gasteiger partial charge in [0.1, 0.15) is 23.9 Å². The molecule has 0 spiro atoms. The van der Waals surface area contributed by atoms with Crippen molar-refractivity contribution in [3.05, 3.63) is 83.7 Å². The average molecular weight is 555 g/mol. The molecule has 9 nitrogen and oxygen atoms in total. The average Bonchev–Trinajstić information content (AvgIpc) is 3.32. The van der Waals surface area contributed by atoms with Crippen LogP contribution in [0.15, 0.2) is 66.9 Å². The molecular formula is C32H34N4O5. The second-order valence-electron chi connectivity index (χ2n) is 9.67. The lowest BCUT2D eigenvalue weighted by atomic mass is 10.00. The van der Waals surface area contributed by atoms with Crippen LogP contribution in [-0.2, 0) is 45.2 Å². The number of carbonyl (C=O) groups excluding carboxylic acids is 1. The number of nitrogens with zero attached hydrogens (tertiary/aromatic N) is 3. The number of anilines is 1. The molecule has 2 aromatic heterocycles. The van der Waals surface area contributed by atoms with Crippen molar-refractivity contribution in [2.45, 2.75) is 33.1 Å². The van der Waals surface area contributed by atoms with Gasteiger partial charge in [-0.25, -0.2) is 4.98 Å². The molecule has 5 aromatic rings.